The fourth-order valence-electron chi connectivity index (χ4n) is 2.36. The molecular weight excluding hydrogens is 308 g/mol. The molecule has 3 aromatic heterocycles. The minimum Gasteiger partial charge on any atom is -0.307 e. The quantitative estimate of drug-likeness (QED) is 0.753. The molecule has 0 radical (unpaired) electrons. The van der Waals surface area contributed by atoms with Gasteiger partial charge in [0.15, 0.2) is 10.8 Å². The normalized spacial score (nSPS) is 12.5. The van der Waals surface area contributed by atoms with Crippen molar-refractivity contribution in [3.63, 3.8) is 0 Å². The second-order valence-electron chi connectivity index (χ2n) is 5.61. The first-order valence-corrected chi connectivity index (χ1v) is 8.46. The molecule has 0 bridgehead atoms. The first-order chi connectivity index (χ1) is 11.1. The number of nitrogens with one attached hydrogen (secondary N) is 1. The van der Waals surface area contributed by atoms with E-state index in [-0.39, 0.29) is 0 Å². The fourth-order valence-corrected chi connectivity index (χ4v) is 3.13. The van der Waals surface area contributed by atoms with E-state index in [1.807, 2.05) is 11.6 Å². The largest absolute Gasteiger partial charge is 0.307 e. The lowest BCUT2D eigenvalue weighted by molar-refractivity contribution is 0.442. The summed E-state index contributed by atoms with van der Waals surface area (Å²) in [5.74, 6) is 0.680. The van der Waals surface area contributed by atoms with Gasteiger partial charge in [0.05, 0.1) is 17.9 Å². The zero-order chi connectivity index (χ0) is 16.2. The average Bonchev–Trinajstić information content (AvgIpc) is 3.13. The summed E-state index contributed by atoms with van der Waals surface area (Å²) in [7, 11) is 0. The summed E-state index contributed by atoms with van der Waals surface area (Å²) in [4.78, 5) is 13.1. The van der Waals surface area contributed by atoms with Crippen molar-refractivity contribution in [1.29, 1.82) is 0 Å². The highest BCUT2D eigenvalue weighted by atomic mass is 32.1. The molecule has 3 heterocycles. The molecule has 0 fully saturated rings. The Bertz CT molecular complexity index is 764. The molecule has 3 aromatic rings. The van der Waals surface area contributed by atoms with Gasteiger partial charge in [0, 0.05) is 36.1 Å². The van der Waals surface area contributed by atoms with Crippen molar-refractivity contribution < 1.29 is 0 Å². The molecule has 1 N–H and O–H groups in total. The van der Waals surface area contributed by atoms with Gasteiger partial charge >= 0.3 is 0 Å². The summed E-state index contributed by atoms with van der Waals surface area (Å²) >= 11 is 1.57. The average molecular weight is 328 g/mol. The first kappa shape index (κ1) is 15.8. The Kier molecular flexibility index (Phi) is 4.78. The molecule has 0 saturated heterocycles. The van der Waals surface area contributed by atoms with Crippen molar-refractivity contribution in [3.8, 4) is 10.8 Å². The van der Waals surface area contributed by atoms with Crippen LogP contribution in [-0.4, -0.2) is 30.8 Å². The van der Waals surface area contributed by atoms with Gasteiger partial charge in [-0.05, 0) is 32.9 Å². The maximum Gasteiger partial charge on any atom is 0.188 e. The molecule has 120 valence electrons. The minimum absolute atomic E-state index is 0.311. The van der Waals surface area contributed by atoms with Crippen LogP contribution in [0.1, 0.15) is 24.0 Å². The van der Waals surface area contributed by atoms with Gasteiger partial charge < -0.3 is 5.32 Å². The van der Waals surface area contributed by atoms with E-state index in [2.05, 4.69) is 50.7 Å². The monoisotopic (exact) mass is 328 g/mol. The molecular formula is C16H20N6S. The number of aryl methyl sites for hydroxylation is 2. The number of hydrogen-bond donors (Lipinski definition) is 1. The summed E-state index contributed by atoms with van der Waals surface area (Å²) in [6, 6.07) is 4.21. The van der Waals surface area contributed by atoms with Gasteiger partial charge in [-0.3, -0.25) is 4.68 Å². The Morgan fingerprint density at radius 2 is 2.04 bits per heavy atom. The number of rotatable bonds is 6. The SMILES string of the molecule is Cc1cc(C)n(CC(C)NCc2csc(-c3ncccn3)n2)n1. The Morgan fingerprint density at radius 3 is 2.74 bits per heavy atom. The number of aromatic nitrogens is 5. The van der Waals surface area contributed by atoms with E-state index in [1.165, 1.54) is 5.69 Å². The van der Waals surface area contributed by atoms with Crippen molar-refractivity contribution in [2.75, 3.05) is 0 Å². The van der Waals surface area contributed by atoms with Gasteiger partial charge in [0.2, 0.25) is 0 Å². The molecule has 1 atom stereocenters. The predicted molar refractivity (Wildman–Crippen MR) is 91.1 cm³/mol. The smallest absolute Gasteiger partial charge is 0.188 e. The van der Waals surface area contributed by atoms with E-state index in [4.69, 9.17) is 0 Å². The van der Waals surface area contributed by atoms with Crippen LogP contribution < -0.4 is 5.32 Å². The van der Waals surface area contributed by atoms with E-state index in [0.717, 1.165) is 29.5 Å². The Labute approximate surface area is 139 Å². The third-order valence-corrected chi connectivity index (χ3v) is 4.38. The van der Waals surface area contributed by atoms with Crippen molar-refractivity contribution in [2.45, 2.75) is 39.9 Å². The summed E-state index contributed by atoms with van der Waals surface area (Å²) in [5, 5.41) is 10.9. The van der Waals surface area contributed by atoms with E-state index in [9.17, 15) is 0 Å². The molecule has 0 aliphatic carbocycles. The van der Waals surface area contributed by atoms with Gasteiger partial charge in [-0.25, -0.2) is 15.0 Å². The second kappa shape index (κ2) is 6.97. The Hall–Kier alpha value is -2.12. The van der Waals surface area contributed by atoms with Crippen LogP contribution >= 0.6 is 11.3 Å². The lowest BCUT2D eigenvalue weighted by Crippen LogP contribution is -2.30. The summed E-state index contributed by atoms with van der Waals surface area (Å²) < 4.78 is 2.04. The number of nitrogens with zero attached hydrogens (tertiary/aromatic N) is 5. The molecule has 0 aliphatic heterocycles. The summed E-state index contributed by atoms with van der Waals surface area (Å²) in [6.45, 7) is 7.83. The molecule has 0 amide bonds. The molecule has 0 saturated carbocycles. The van der Waals surface area contributed by atoms with Crippen molar-refractivity contribution in [1.82, 2.24) is 30.0 Å². The van der Waals surface area contributed by atoms with Gasteiger partial charge in [-0.2, -0.15) is 5.10 Å². The standard InChI is InChI=1S/C16H20N6S/c1-11-7-13(3)22(21-11)9-12(2)19-8-14-10-23-16(20-14)15-17-5-4-6-18-15/h4-7,10,12,19H,8-9H2,1-3H3. The third kappa shape index (κ3) is 4.00. The zero-order valence-corrected chi connectivity index (χ0v) is 14.3. The Morgan fingerprint density at radius 1 is 1.26 bits per heavy atom. The fraction of sp³-hybridized carbons (Fsp3) is 0.375. The van der Waals surface area contributed by atoms with Crippen LogP contribution in [0.5, 0.6) is 0 Å². The van der Waals surface area contributed by atoms with Crippen molar-refractivity contribution in [3.05, 3.63) is 47.0 Å². The zero-order valence-electron chi connectivity index (χ0n) is 13.5. The minimum atomic E-state index is 0.311. The molecule has 1 unspecified atom stereocenters. The molecule has 6 nitrogen and oxygen atoms in total. The predicted octanol–water partition coefficient (Wildman–Crippen LogP) is 2.59. The molecule has 0 aliphatic rings. The molecule has 3 rings (SSSR count). The highest BCUT2D eigenvalue weighted by Crippen LogP contribution is 2.19. The number of hydrogen-bond acceptors (Lipinski definition) is 6. The molecule has 7 heteroatoms. The van der Waals surface area contributed by atoms with Crippen molar-refractivity contribution >= 4 is 11.3 Å². The van der Waals surface area contributed by atoms with E-state index < -0.39 is 0 Å². The lowest BCUT2D eigenvalue weighted by Gasteiger charge is -2.14. The van der Waals surface area contributed by atoms with Crippen LogP contribution in [0.15, 0.2) is 29.9 Å². The topological polar surface area (TPSA) is 68.5 Å². The summed E-state index contributed by atoms with van der Waals surface area (Å²) in [5.41, 5.74) is 3.26. The Balaban J connectivity index is 1.56. The maximum atomic E-state index is 4.59. The second-order valence-corrected chi connectivity index (χ2v) is 6.47. The van der Waals surface area contributed by atoms with Crippen LogP contribution in [0.4, 0.5) is 0 Å². The maximum absolute atomic E-state index is 4.59. The molecule has 0 aromatic carbocycles. The van der Waals surface area contributed by atoms with Crippen molar-refractivity contribution in [2.24, 2.45) is 0 Å². The van der Waals surface area contributed by atoms with Crippen LogP contribution in [-0.2, 0) is 13.1 Å². The van der Waals surface area contributed by atoms with Gasteiger partial charge in [-0.1, -0.05) is 0 Å². The highest BCUT2D eigenvalue weighted by molar-refractivity contribution is 7.13. The van der Waals surface area contributed by atoms with Gasteiger partial charge in [0.1, 0.15) is 0 Å². The summed E-state index contributed by atoms with van der Waals surface area (Å²) in [6.07, 6.45) is 3.47. The number of thiazole rings is 1. The van der Waals surface area contributed by atoms with Crippen LogP contribution in [0.25, 0.3) is 10.8 Å². The van der Waals surface area contributed by atoms with E-state index in [0.29, 0.717) is 11.9 Å². The van der Waals surface area contributed by atoms with Gasteiger partial charge in [0.25, 0.3) is 0 Å². The van der Waals surface area contributed by atoms with Crippen LogP contribution in [0, 0.1) is 13.8 Å². The molecule has 0 spiro atoms. The highest BCUT2D eigenvalue weighted by Gasteiger charge is 2.10. The van der Waals surface area contributed by atoms with Crippen LogP contribution in [0.3, 0.4) is 0 Å². The van der Waals surface area contributed by atoms with E-state index >= 15 is 0 Å². The third-order valence-electron chi connectivity index (χ3n) is 3.49. The lowest BCUT2D eigenvalue weighted by atomic mass is 10.3. The first-order valence-electron chi connectivity index (χ1n) is 7.58. The van der Waals surface area contributed by atoms with Crippen LogP contribution in [0.2, 0.25) is 0 Å². The molecule has 23 heavy (non-hydrogen) atoms. The van der Waals surface area contributed by atoms with Gasteiger partial charge in [-0.15, -0.1) is 11.3 Å². The van der Waals surface area contributed by atoms with E-state index in [1.54, 1.807) is 29.8 Å².